The van der Waals surface area contributed by atoms with Gasteiger partial charge in [-0.3, -0.25) is 19.7 Å². The summed E-state index contributed by atoms with van der Waals surface area (Å²) in [6.07, 6.45) is -0.916. The molecule has 2 N–H and O–H groups in total. The summed E-state index contributed by atoms with van der Waals surface area (Å²) < 4.78 is 9.07. The molecule has 0 unspecified atom stereocenters. The van der Waals surface area contributed by atoms with E-state index in [2.05, 4.69) is 14.8 Å². The van der Waals surface area contributed by atoms with Crippen LogP contribution in [0.5, 0.6) is 0 Å². The van der Waals surface area contributed by atoms with Crippen molar-refractivity contribution in [2.45, 2.75) is 6.92 Å². The van der Waals surface area contributed by atoms with Gasteiger partial charge in [0.25, 0.3) is 11.8 Å². The minimum Gasteiger partial charge on any atom is -0.454 e. The Morgan fingerprint density at radius 2 is 1.73 bits per heavy atom. The van der Waals surface area contributed by atoms with Gasteiger partial charge in [0.2, 0.25) is 0 Å². The van der Waals surface area contributed by atoms with E-state index in [4.69, 9.17) is 0 Å². The summed E-state index contributed by atoms with van der Waals surface area (Å²) in [5.41, 5.74) is 0.398. The highest BCUT2D eigenvalue weighted by molar-refractivity contribution is 5.96. The van der Waals surface area contributed by atoms with E-state index in [1.807, 2.05) is 5.32 Å². The van der Waals surface area contributed by atoms with Crippen molar-refractivity contribution in [3.05, 3.63) is 35.9 Å². The molecule has 0 aromatic heterocycles. The van der Waals surface area contributed by atoms with Crippen LogP contribution in [0, 0.1) is 0 Å². The van der Waals surface area contributed by atoms with Crippen LogP contribution in [0.2, 0.25) is 0 Å². The number of carbonyl (C=O) groups excluding carboxylic acids is 4. The lowest BCUT2D eigenvalue weighted by atomic mass is 10.2. The molecule has 8 heteroatoms. The van der Waals surface area contributed by atoms with E-state index in [9.17, 15) is 19.2 Å². The Morgan fingerprint density at radius 1 is 1.05 bits per heavy atom. The molecule has 0 spiro atoms. The molecule has 1 aromatic carbocycles. The van der Waals surface area contributed by atoms with Crippen molar-refractivity contribution in [3.63, 3.8) is 0 Å². The van der Waals surface area contributed by atoms with Gasteiger partial charge < -0.3 is 14.8 Å². The second kappa shape index (κ2) is 9.11. The Bertz CT molecular complexity index is 544. The number of hydrogen-bond acceptors (Lipinski definition) is 6. The van der Waals surface area contributed by atoms with Crippen molar-refractivity contribution in [2.75, 3.05) is 19.8 Å². The molecule has 0 saturated carbocycles. The first-order chi connectivity index (χ1) is 10.5. The highest BCUT2D eigenvalue weighted by Crippen LogP contribution is 1.97. The monoisotopic (exact) mass is 308 g/mol. The Labute approximate surface area is 126 Å². The quantitative estimate of drug-likeness (QED) is 0.728. The van der Waals surface area contributed by atoms with Crippen LogP contribution in [0.1, 0.15) is 17.3 Å². The van der Waals surface area contributed by atoms with Crippen LogP contribution < -0.4 is 10.6 Å². The minimum atomic E-state index is -0.916. The SMILES string of the molecule is CCOC(=O)NC(=O)COC(=O)CNC(=O)c1ccccc1. The molecular formula is C14H16N2O6. The molecule has 0 atom stereocenters. The maximum atomic E-state index is 11.6. The van der Waals surface area contributed by atoms with E-state index in [-0.39, 0.29) is 13.2 Å². The zero-order chi connectivity index (χ0) is 16.4. The molecule has 22 heavy (non-hydrogen) atoms. The second-order valence-electron chi connectivity index (χ2n) is 3.98. The third-order valence-corrected chi connectivity index (χ3v) is 2.31. The Kier molecular flexibility index (Phi) is 7.10. The number of benzene rings is 1. The molecular weight excluding hydrogens is 292 g/mol. The molecule has 0 aliphatic carbocycles. The van der Waals surface area contributed by atoms with Gasteiger partial charge in [-0.1, -0.05) is 18.2 Å². The van der Waals surface area contributed by atoms with Crippen molar-refractivity contribution in [1.29, 1.82) is 0 Å². The van der Waals surface area contributed by atoms with Crippen molar-refractivity contribution in [1.82, 2.24) is 10.6 Å². The van der Waals surface area contributed by atoms with Crippen molar-refractivity contribution < 1.29 is 28.7 Å². The number of hydrogen-bond donors (Lipinski definition) is 2. The van der Waals surface area contributed by atoms with Crippen LogP contribution in [-0.2, 0) is 19.1 Å². The average molecular weight is 308 g/mol. The van der Waals surface area contributed by atoms with Gasteiger partial charge in [0.1, 0.15) is 6.54 Å². The van der Waals surface area contributed by atoms with Crippen molar-refractivity contribution in [3.8, 4) is 0 Å². The average Bonchev–Trinajstić information content (AvgIpc) is 2.51. The van der Waals surface area contributed by atoms with E-state index in [1.165, 1.54) is 0 Å². The molecule has 0 aliphatic rings. The van der Waals surface area contributed by atoms with E-state index in [1.54, 1.807) is 37.3 Å². The molecule has 0 bridgehead atoms. The normalized spacial score (nSPS) is 9.50. The van der Waals surface area contributed by atoms with Gasteiger partial charge in [-0.05, 0) is 19.1 Å². The summed E-state index contributed by atoms with van der Waals surface area (Å²) in [6.45, 7) is 0.670. The maximum absolute atomic E-state index is 11.6. The first-order valence-corrected chi connectivity index (χ1v) is 6.48. The fourth-order valence-corrected chi connectivity index (χ4v) is 1.36. The fourth-order valence-electron chi connectivity index (χ4n) is 1.36. The zero-order valence-electron chi connectivity index (χ0n) is 12.0. The van der Waals surface area contributed by atoms with E-state index in [0.717, 1.165) is 0 Å². The highest BCUT2D eigenvalue weighted by atomic mass is 16.6. The molecule has 8 nitrogen and oxygen atoms in total. The van der Waals surface area contributed by atoms with E-state index in [0.29, 0.717) is 5.56 Å². The van der Waals surface area contributed by atoms with E-state index < -0.39 is 30.5 Å². The standard InChI is InChI=1S/C14H16N2O6/c1-2-21-14(20)16-11(17)9-22-12(18)8-15-13(19)10-6-4-3-5-7-10/h3-7H,2,8-9H2,1H3,(H,15,19)(H,16,17,20). The lowest BCUT2D eigenvalue weighted by molar-refractivity contribution is -0.147. The van der Waals surface area contributed by atoms with Gasteiger partial charge in [-0.15, -0.1) is 0 Å². The van der Waals surface area contributed by atoms with Gasteiger partial charge in [0, 0.05) is 5.56 Å². The van der Waals surface area contributed by atoms with Gasteiger partial charge >= 0.3 is 12.1 Å². The third-order valence-electron chi connectivity index (χ3n) is 2.31. The lowest BCUT2D eigenvalue weighted by Gasteiger charge is -2.07. The third kappa shape index (κ3) is 6.51. The number of imide groups is 1. The topological polar surface area (TPSA) is 111 Å². The summed E-state index contributed by atoms with van der Waals surface area (Å²) in [6, 6.07) is 8.31. The van der Waals surface area contributed by atoms with Crippen LogP contribution in [0.15, 0.2) is 30.3 Å². The fraction of sp³-hybridized carbons (Fsp3) is 0.286. The summed E-state index contributed by atoms with van der Waals surface area (Å²) in [5.74, 6) is -2.06. The summed E-state index contributed by atoms with van der Waals surface area (Å²) >= 11 is 0. The van der Waals surface area contributed by atoms with Crippen molar-refractivity contribution >= 4 is 23.9 Å². The molecule has 1 rings (SSSR count). The summed E-state index contributed by atoms with van der Waals surface area (Å²) in [4.78, 5) is 45.1. The number of nitrogens with one attached hydrogen (secondary N) is 2. The lowest BCUT2D eigenvalue weighted by Crippen LogP contribution is -2.36. The Morgan fingerprint density at radius 3 is 2.36 bits per heavy atom. The maximum Gasteiger partial charge on any atom is 0.413 e. The van der Waals surface area contributed by atoms with Crippen molar-refractivity contribution in [2.24, 2.45) is 0 Å². The zero-order valence-corrected chi connectivity index (χ0v) is 12.0. The molecule has 0 fully saturated rings. The van der Waals surface area contributed by atoms with Gasteiger partial charge in [0.05, 0.1) is 6.61 Å². The number of rotatable bonds is 6. The van der Waals surface area contributed by atoms with Crippen LogP contribution in [0.4, 0.5) is 4.79 Å². The summed E-state index contributed by atoms with van der Waals surface area (Å²) in [5, 5.41) is 4.21. The van der Waals surface area contributed by atoms with Crippen LogP contribution in [0.25, 0.3) is 0 Å². The molecule has 0 saturated heterocycles. The van der Waals surface area contributed by atoms with Crippen LogP contribution in [-0.4, -0.2) is 43.6 Å². The van der Waals surface area contributed by atoms with Crippen LogP contribution in [0.3, 0.4) is 0 Å². The van der Waals surface area contributed by atoms with Gasteiger partial charge in [-0.2, -0.15) is 0 Å². The summed E-state index contributed by atoms with van der Waals surface area (Å²) in [7, 11) is 0. The predicted molar refractivity (Wildman–Crippen MR) is 74.9 cm³/mol. The smallest absolute Gasteiger partial charge is 0.413 e. The Balaban J connectivity index is 2.25. The number of alkyl carbamates (subject to hydrolysis) is 1. The second-order valence-corrected chi connectivity index (χ2v) is 3.98. The first kappa shape index (κ1) is 17.2. The largest absolute Gasteiger partial charge is 0.454 e. The molecule has 118 valence electrons. The van der Waals surface area contributed by atoms with E-state index >= 15 is 0 Å². The number of amides is 3. The minimum absolute atomic E-state index is 0.115. The number of carbonyl (C=O) groups is 4. The number of esters is 1. The first-order valence-electron chi connectivity index (χ1n) is 6.48. The molecule has 0 heterocycles. The predicted octanol–water partition coefficient (Wildman–Crippen LogP) is 0.232. The molecule has 3 amide bonds. The molecule has 1 aromatic rings. The molecule has 0 radical (unpaired) electrons. The number of ether oxygens (including phenoxy) is 2. The van der Waals surface area contributed by atoms with Gasteiger partial charge in [-0.25, -0.2) is 4.79 Å². The van der Waals surface area contributed by atoms with Gasteiger partial charge in [0.15, 0.2) is 6.61 Å². The van der Waals surface area contributed by atoms with Crippen LogP contribution >= 0.6 is 0 Å². The Hall–Kier alpha value is -2.90. The highest BCUT2D eigenvalue weighted by Gasteiger charge is 2.12. The molecule has 0 aliphatic heterocycles.